The van der Waals surface area contributed by atoms with Crippen LogP contribution in [0.2, 0.25) is 0 Å². The van der Waals surface area contributed by atoms with Crippen molar-refractivity contribution >= 4 is 11.4 Å². The average molecular weight is 242 g/mol. The van der Waals surface area contributed by atoms with Crippen molar-refractivity contribution in [1.82, 2.24) is 0 Å². The number of nitro groups is 1. The SMILES string of the molecule is CCC(C)(O)CNc1ccc(F)cc1[N+](=O)[O-]. The van der Waals surface area contributed by atoms with Crippen molar-refractivity contribution in [2.45, 2.75) is 25.9 Å². The maximum Gasteiger partial charge on any atom is 0.295 e. The van der Waals surface area contributed by atoms with Crippen molar-refractivity contribution < 1.29 is 14.4 Å². The molecule has 0 fully saturated rings. The van der Waals surface area contributed by atoms with Gasteiger partial charge in [-0.1, -0.05) is 6.92 Å². The summed E-state index contributed by atoms with van der Waals surface area (Å²) in [4.78, 5) is 10.0. The Hall–Kier alpha value is -1.69. The van der Waals surface area contributed by atoms with E-state index in [1.165, 1.54) is 6.07 Å². The molecular formula is C11H15FN2O3. The van der Waals surface area contributed by atoms with Crippen LogP contribution >= 0.6 is 0 Å². The van der Waals surface area contributed by atoms with Gasteiger partial charge in [-0.15, -0.1) is 0 Å². The third-order valence-electron chi connectivity index (χ3n) is 2.58. The second-order valence-corrected chi connectivity index (χ2v) is 4.12. The second-order valence-electron chi connectivity index (χ2n) is 4.12. The molecular weight excluding hydrogens is 227 g/mol. The highest BCUT2D eigenvalue weighted by Gasteiger charge is 2.20. The summed E-state index contributed by atoms with van der Waals surface area (Å²) in [6.45, 7) is 3.59. The number of nitro benzene ring substituents is 1. The number of nitrogens with zero attached hydrogens (tertiary/aromatic N) is 1. The Kier molecular flexibility index (Phi) is 4.01. The van der Waals surface area contributed by atoms with Crippen LogP contribution in [0.25, 0.3) is 0 Å². The lowest BCUT2D eigenvalue weighted by atomic mass is 10.0. The van der Waals surface area contributed by atoms with Gasteiger partial charge in [0.25, 0.3) is 5.69 Å². The Morgan fingerprint density at radius 1 is 1.59 bits per heavy atom. The molecule has 6 heteroatoms. The maximum absolute atomic E-state index is 12.9. The molecule has 0 aliphatic carbocycles. The van der Waals surface area contributed by atoms with E-state index in [1.807, 2.05) is 0 Å². The quantitative estimate of drug-likeness (QED) is 0.613. The zero-order valence-electron chi connectivity index (χ0n) is 9.74. The Morgan fingerprint density at radius 2 is 2.24 bits per heavy atom. The van der Waals surface area contributed by atoms with Gasteiger partial charge in [-0.25, -0.2) is 4.39 Å². The fourth-order valence-electron chi connectivity index (χ4n) is 1.22. The highest BCUT2D eigenvalue weighted by Crippen LogP contribution is 2.25. The highest BCUT2D eigenvalue weighted by atomic mass is 19.1. The smallest absolute Gasteiger partial charge is 0.295 e. The third kappa shape index (κ3) is 3.67. The first-order chi connectivity index (χ1) is 7.85. The summed E-state index contributed by atoms with van der Waals surface area (Å²) in [5.74, 6) is -0.662. The van der Waals surface area contributed by atoms with E-state index in [-0.39, 0.29) is 17.9 Å². The van der Waals surface area contributed by atoms with Crippen molar-refractivity contribution in [2.75, 3.05) is 11.9 Å². The normalized spacial score (nSPS) is 14.1. The number of hydrogen-bond donors (Lipinski definition) is 2. The maximum atomic E-state index is 12.9. The molecule has 1 rings (SSSR count). The van der Waals surface area contributed by atoms with E-state index in [1.54, 1.807) is 13.8 Å². The molecule has 0 bridgehead atoms. The lowest BCUT2D eigenvalue weighted by molar-refractivity contribution is -0.384. The van der Waals surface area contributed by atoms with E-state index >= 15 is 0 Å². The van der Waals surface area contributed by atoms with Crippen LogP contribution in [0.5, 0.6) is 0 Å². The van der Waals surface area contributed by atoms with Gasteiger partial charge in [0.05, 0.1) is 16.6 Å². The van der Waals surface area contributed by atoms with E-state index in [2.05, 4.69) is 5.32 Å². The van der Waals surface area contributed by atoms with Gasteiger partial charge >= 0.3 is 0 Å². The lowest BCUT2D eigenvalue weighted by Crippen LogP contribution is -2.32. The van der Waals surface area contributed by atoms with E-state index in [9.17, 15) is 19.6 Å². The monoisotopic (exact) mass is 242 g/mol. The molecule has 1 unspecified atom stereocenters. The van der Waals surface area contributed by atoms with Crippen molar-refractivity contribution in [3.63, 3.8) is 0 Å². The van der Waals surface area contributed by atoms with Gasteiger partial charge in [0.15, 0.2) is 0 Å². The number of hydrogen-bond acceptors (Lipinski definition) is 4. The number of nitrogens with one attached hydrogen (secondary N) is 1. The molecule has 2 N–H and O–H groups in total. The van der Waals surface area contributed by atoms with E-state index in [0.717, 1.165) is 12.1 Å². The number of aliphatic hydroxyl groups is 1. The predicted octanol–water partition coefficient (Wildman–Crippen LogP) is 2.31. The van der Waals surface area contributed by atoms with Gasteiger partial charge in [-0.05, 0) is 25.5 Å². The molecule has 0 aromatic heterocycles. The molecule has 17 heavy (non-hydrogen) atoms. The molecule has 0 amide bonds. The Bertz CT molecular complexity index is 421. The molecule has 0 radical (unpaired) electrons. The predicted molar refractivity (Wildman–Crippen MR) is 62.5 cm³/mol. The van der Waals surface area contributed by atoms with Gasteiger partial charge in [-0.3, -0.25) is 10.1 Å². The molecule has 1 aromatic rings. The minimum Gasteiger partial charge on any atom is -0.388 e. The van der Waals surface area contributed by atoms with E-state index < -0.39 is 16.3 Å². The van der Waals surface area contributed by atoms with Gasteiger partial charge in [0.1, 0.15) is 11.5 Å². The fraction of sp³-hybridized carbons (Fsp3) is 0.455. The summed E-state index contributed by atoms with van der Waals surface area (Å²) in [7, 11) is 0. The largest absolute Gasteiger partial charge is 0.388 e. The summed E-state index contributed by atoms with van der Waals surface area (Å²) < 4.78 is 12.9. The van der Waals surface area contributed by atoms with Crippen LogP contribution in [-0.2, 0) is 0 Å². The summed E-state index contributed by atoms with van der Waals surface area (Å²) >= 11 is 0. The second kappa shape index (κ2) is 5.09. The van der Waals surface area contributed by atoms with Crippen LogP contribution in [0.4, 0.5) is 15.8 Å². The van der Waals surface area contributed by atoms with Gasteiger partial charge < -0.3 is 10.4 Å². The highest BCUT2D eigenvalue weighted by molar-refractivity contribution is 5.61. The fourth-order valence-corrected chi connectivity index (χ4v) is 1.22. The number of anilines is 1. The Labute approximate surface area is 98.4 Å². The Morgan fingerprint density at radius 3 is 2.76 bits per heavy atom. The molecule has 1 aromatic carbocycles. The first kappa shape index (κ1) is 13.4. The average Bonchev–Trinajstić information content (AvgIpc) is 2.27. The molecule has 0 aliphatic heterocycles. The van der Waals surface area contributed by atoms with Crippen LogP contribution in [0, 0.1) is 15.9 Å². The van der Waals surface area contributed by atoms with Gasteiger partial charge in [0, 0.05) is 6.54 Å². The van der Waals surface area contributed by atoms with Crippen LogP contribution in [0.15, 0.2) is 18.2 Å². The zero-order chi connectivity index (χ0) is 13.1. The van der Waals surface area contributed by atoms with Crippen LogP contribution in [-0.4, -0.2) is 22.2 Å². The van der Waals surface area contributed by atoms with Crippen molar-refractivity contribution in [3.05, 3.63) is 34.1 Å². The molecule has 94 valence electrons. The summed E-state index contributed by atoms with van der Waals surface area (Å²) in [5, 5.41) is 23.2. The summed E-state index contributed by atoms with van der Waals surface area (Å²) in [6.07, 6.45) is 0.509. The van der Waals surface area contributed by atoms with Crippen molar-refractivity contribution in [3.8, 4) is 0 Å². The minimum atomic E-state index is -0.956. The molecule has 0 heterocycles. The first-order valence-corrected chi connectivity index (χ1v) is 5.26. The van der Waals surface area contributed by atoms with Crippen LogP contribution in [0.1, 0.15) is 20.3 Å². The van der Waals surface area contributed by atoms with Gasteiger partial charge in [-0.2, -0.15) is 0 Å². The molecule has 0 aliphatic rings. The Balaban J connectivity index is 2.88. The standard InChI is InChI=1S/C11H15FN2O3/c1-3-11(2,15)7-13-9-5-4-8(12)6-10(9)14(16)17/h4-6,13,15H,3,7H2,1-2H3. The first-order valence-electron chi connectivity index (χ1n) is 5.26. The molecule has 1 atom stereocenters. The van der Waals surface area contributed by atoms with Crippen molar-refractivity contribution in [1.29, 1.82) is 0 Å². The number of benzene rings is 1. The van der Waals surface area contributed by atoms with E-state index in [4.69, 9.17) is 0 Å². The number of halogens is 1. The summed E-state index contributed by atoms with van der Waals surface area (Å²) in [6, 6.07) is 3.28. The third-order valence-corrected chi connectivity index (χ3v) is 2.58. The lowest BCUT2D eigenvalue weighted by Gasteiger charge is -2.22. The minimum absolute atomic E-state index is 0.163. The molecule has 0 spiro atoms. The van der Waals surface area contributed by atoms with E-state index in [0.29, 0.717) is 6.42 Å². The topological polar surface area (TPSA) is 75.4 Å². The molecule has 0 saturated carbocycles. The van der Waals surface area contributed by atoms with Gasteiger partial charge in [0.2, 0.25) is 0 Å². The molecule has 0 saturated heterocycles. The number of rotatable bonds is 5. The summed E-state index contributed by atoms with van der Waals surface area (Å²) in [5.41, 5.74) is -1.09. The zero-order valence-corrected chi connectivity index (χ0v) is 9.74. The van der Waals surface area contributed by atoms with Crippen LogP contribution in [0.3, 0.4) is 0 Å². The van der Waals surface area contributed by atoms with Crippen molar-refractivity contribution in [2.24, 2.45) is 0 Å². The molecule has 5 nitrogen and oxygen atoms in total. The van der Waals surface area contributed by atoms with Crippen LogP contribution < -0.4 is 5.32 Å².